The molecule has 2 aromatic rings. The monoisotopic (exact) mass is 260 g/mol. The highest BCUT2D eigenvalue weighted by Crippen LogP contribution is 2.24. The Hall–Kier alpha value is -2.24. The number of carbonyl (C=O) groups is 1. The Morgan fingerprint density at radius 3 is 2.74 bits per heavy atom. The second-order valence-electron chi connectivity index (χ2n) is 4.72. The minimum Gasteiger partial charge on any atom is -0.423 e. The zero-order valence-electron chi connectivity index (χ0n) is 10.8. The van der Waals surface area contributed by atoms with Gasteiger partial charge in [0.15, 0.2) is 5.58 Å². The van der Waals surface area contributed by atoms with Crippen molar-refractivity contribution in [3.63, 3.8) is 0 Å². The van der Waals surface area contributed by atoms with E-state index in [1.807, 2.05) is 11.0 Å². The smallest absolute Gasteiger partial charge is 0.298 e. The number of rotatable bonds is 1. The molecule has 6 nitrogen and oxygen atoms in total. The topological polar surface area (TPSA) is 75.6 Å². The Balaban J connectivity index is 1.80. The minimum atomic E-state index is 0.116. The van der Waals surface area contributed by atoms with E-state index < -0.39 is 0 Å². The largest absolute Gasteiger partial charge is 0.423 e. The van der Waals surface area contributed by atoms with Gasteiger partial charge >= 0.3 is 0 Å². The number of nitrogens with two attached hydrogens (primary N) is 1. The SMILES string of the molecule is CC(=O)N1CCN(c2nc3cc(N)ccc3o2)CC1. The van der Waals surface area contributed by atoms with Crippen LogP contribution in [0.25, 0.3) is 11.1 Å². The molecule has 1 fully saturated rings. The van der Waals surface area contributed by atoms with Crippen LogP contribution in [0.5, 0.6) is 0 Å². The summed E-state index contributed by atoms with van der Waals surface area (Å²) in [5, 5.41) is 0. The summed E-state index contributed by atoms with van der Waals surface area (Å²) in [6.45, 7) is 4.48. The number of fused-ring (bicyclic) bond motifs is 1. The molecule has 0 spiro atoms. The maximum Gasteiger partial charge on any atom is 0.298 e. The van der Waals surface area contributed by atoms with Gasteiger partial charge in [-0.2, -0.15) is 4.98 Å². The molecule has 1 amide bonds. The Kier molecular flexibility index (Phi) is 2.77. The maximum atomic E-state index is 11.3. The third kappa shape index (κ3) is 2.21. The lowest BCUT2D eigenvalue weighted by atomic mass is 10.3. The van der Waals surface area contributed by atoms with Gasteiger partial charge in [-0.05, 0) is 18.2 Å². The summed E-state index contributed by atoms with van der Waals surface area (Å²) in [6, 6.07) is 6.02. The number of oxazole rings is 1. The number of aromatic nitrogens is 1. The van der Waals surface area contributed by atoms with E-state index in [-0.39, 0.29) is 5.91 Å². The molecule has 6 heteroatoms. The van der Waals surface area contributed by atoms with Crippen molar-refractivity contribution in [3.05, 3.63) is 18.2 Å². The standard InChI is InChI=1S/C13H16N4O2/c1-9(18)16-4-6-17(7-5-16)13-15-11-8-10(14)2-3-12(11)19-13/h2-3,8H,4-7,14H2,1H3. The second kappa shape index (κ2) is 4.46. The molecule has 0 bridgehead atoms. The van der Waals surface area contributed by atoms with Gasteiger partial charge in [-0.15, -0.1) is 0 Å². The summed E-state index contributed by atoms with van der Waals surface area (Å²) < 4.78 is 5.71. The number of nitrogen functional groups attached to an aromatic ring is 1. The summed E-state index contributed by atoms with van der Waals surface area (Å²) in [5.41, 5.74) is 7.90. The lowest BCUT2D eigenvalue weighted by molar-refractivity contribution is -0.129. The van der Waals surface area contributed by atoms with E-state index in [1.165, 1.54) is 0 Å². The number of nitrogens with zero attached hydrogens (tertiary/aromatic N) is 3. The van der Waals surface area contributed by atoms with E-state index >= 15 is 0 Å². The van der Waals surface area contributed by atoms with Crippen LogP contribution in [-0.4, -0.2) is 42.0 Å². The maximum absolute atomic E-state index is 11.3. The van der Waals surface area contributed by atoms with Crippen molar-refractivity contribution in [2.75, 3.05) is 36.8 Å². The van der Waals surface area contributed by atoms with Crippen molar-refractivity contribution >= 4 is 28.7 Å². The number of carbonyl (C=O) groups excluding carboxylic acids is 1. The number of amides is 1. The van der Waals surface area contributed by atoms with Crippen LogP contribution < -0.4 is 10.6 Å². The molecule has 1 aliphatic heterocycles. The number of benzene rings is 1. The molecule has 0 radical (unpaired) electrons. The number of hydrogen-bond donors (Lipinski definition) is 1. The van der Waals surface area contributed by atoms with Crippen LogP contribution in [0.3, 0.4) is 0 Å². The van der Waals surface area contributed by atoms with E-state index in [0.717, 1.165) is 24.2 Å². The van der Waals surface area contributed by atoms with Gasteiger partial charge in [0.2, 0.25) is 5.91 Å². The molecule has 0 saturated carbocycles. The van der Waals surface area contributed by atoms with Crippen molar-refractivity contribution in [1.82, 2.24) is 9.88 Å². The minimum absolute atomic E-state index is 0.116. The summed E-state index contributed by atoms with van der Waals surface area (Å²) in [4.78, 5) is 19.6. The molecule has 3 rings (SSSR count). The summed E-state index contributed by atoms with van der Waals surface area (Å²) >= 11 is 0. The third-order valence-corrected chi connectivity index (χ3v) is 3.40. The molecular weight excluding hydrogens is 244 g/mol. The average Bonchev–Trinajstić information content (AvgIpc) is 2.81. The highest BCUT2D eigenvalue weighted by molar-refractivity contribution is 5.78. The Labute approximate surface area is 110 Å². The first-order valence-electron chi connectivity index (χ1n) is 6.30. The second-order valence-corrected chi connectivity index (χ2v) is 4.72. The molecule has 2 heterocycles. The lowest BCUT2D eigenvalue weighted by Crippen LogP contribution is -2.48. The van der Waals surface area contributed by atoms with Crippen LogP contribution in [0.15, 0.2) is 22.6 Å². The van der Waals surface area contributed by atoms with E-state index in [0.29, 0.717) is 24.8 Å². The van der Waals surface area contributed by atoms with Crippen molar-refractivity contribution < 1.29 is 9.21 Å². The number of anilines is 2. The van der Waals surface area contributed by atoms with Crippen LogP contribution in [0, 0.1) is 0 Å². The average molecular weight is 260 g/mol. The van der Waals surface area contributed by atoms with Crippen LogP contribution in [-0.2, 0) is 4.79 Å². The lowest BCUT2D eigenvalue weighted by Gasteiger charge is -2.33. The first-order valence-corrected chi connectivity index (χ1v) is 6.30. The van der Waals surface area contributed by atoms with Gasteiger partial charge in [-0.3, -0.25) is 4.79 Å². The fourth-order valence-corrected chi connectivity index (χ4v) is 2.28. The summed E-state index contributed by atoms with van der Waals surface area (Å²) in [7, 11) is 0. The zero-order valence-corrected chi connectivity index (χ0v) is 10.8. The normalized spacial score (nSPS) is 16.1. The predicted octanol–water partition coefficient (Wildman–Crippen LogP) is 1.08. The first kappa shape index (κ1) is 11.8. The van der Waals surface area contributed by atoms with Gasteiger partial charge in [-0.25, -0.2) is 0 Å². The van der Waals surface area contributed by atoms with Gasteiger partial charge in [0.1, 0.15) is 5.52 Å². The molecule has 100 valence electrons. The van der Waals surface area contributed by atoms with E-state index in [4.69, 9.17) is 10.2 Å². The van der Waals surface area contributed by atoms with Crippen LogP contribution in [0.1, 0.15) is 6.92 Å². The van der Waals surface area contributed by atoms with Crippen molar-refractivity contribution in [2.24, 2.45) is 0 Å². The molecule has 19 heavy (non-hydrogen) atoms. The van der Waals surface area contributed by atoms with Crippen molar-refractivity contribution in [1.29, 1.82) is 0 Å². The van der Waals surface area contributed by atoms with Gasteiger partial charge in [0.25, 0.3) is 6.01 Å². The Morgan fingerprint density at radius 2 is 2.05 bits per heavy atom. The molecule has 1 aromatic heterocycles. The Morgan fingerprint density at radius 1 is 1.32 bits per heavy atom. The van der Waals surface area contributed by atoms with Gasteiger partial charge in [-0.1, -0.05) is 0 Å². The summed E-state index contributed by atoms with van der Waals surface area (Å²) in [5.74, 6) is 0.116. The quantitative estimate of drug-likeness (QED) is 0.776. The zero-order chi connectivity index (χ0) is 13.4. The molecule has 2 N–H and O–H groups in total. The Bertz CT molecular complexity index is 614. The molecular formula is C13H16N4O2. The highest BCUT2D eigenvalue weighted by atomic mass is 16.4. The summed E-state index contributed by atoms with van der Waals surface area (Å²) in [6.07, 6.45) is 0. The molecule has 1 aromatic carbocycles. The van der Waals surface area contributed by atoms with Gasteiger partial charge in [0.05, 0.1) is 0 Å². The van der Waals surface area contributed by atoms with Gasteiger partial charge in [0, 0.05) is 38.8 Å². The third-order valence-electron chi connectivity index (χ3n) is 3.40. The fraction of sp³-hybridized carbons (Fsp3) is 0.385. The van der Waals surface area contributed by atoms with Crippen molar-refractivity contribution in [2.45, 2.75) is 6.92 Å². The van der Waals surface area contributed by atoms with E-state index in [2.05, 4.69) is 9.88 Å². The van der Waals surface area contributed by atoms with Crippen molar-refractivity contribution in [3.8, 4) is 0 Å². The molecule has 1 saturated heterocycles. The van der Waals surface area contributed by atoms with E-state index in [9.17, 15) is 4.79 Å². The number of piperazine rings is 1. The predicted molar refractivity (Wildman–Crippen MR) is 72.9 cm³/mol. The molecule has 0 atom stereocenters. The van der Waals surface area contributed by atoms with Crippen LogP contribution in [0.2, 0.25) is 0 Å². The molecule has 0 aliphatic carbocycles. The highest BCUT2D eigenvalue weighted by Gasteiger charge is 2.22. The number of hydrogen-bond acceptors (Lipinski definition) is 5. The van der Waals surface area contributed by atoms with Gasteiger partial charge < -0.3 is 20.0 Å². The van der Waals surface area contributed by atoms with Crippen LogP contribution >= 0.6 is 0 Å². The molecule has 1 aliphatic rings. The fourth-order valence-electron chi connectivity index (χ4n) is 2.28. The first-order chi connectivity index (χ1) is 9.13. The van der Waals surface area contributed by atoms with E-state index in [1.54, 1.807) is 19.1 Å². The van der Waals surface area contributed by atoms with Crippen LogP contribution in [0.4, 0.5) is 11.7 Å². The molecule has 0 unspecified atom stereocenters.